The molecule has 2 N–H and O–H groups in total. The predicted octanol–water partition coefficient (Wildman–Crippen LogP) is 4.07. The molecular formula is C28H34N6O2. The molecular weight excluding hydrogens is 452 g/mol. The summed E-state index contributed by atoms with van der Waals surface area (Å²) in [7, 11) is 4.06. The molecule has 0 bridgehead atoms. The minimum atomic E-state index is -0.386. The van der Waals surface area contributed by atoms with E-state index in [1.165, 1.54) is 0 Å². The monoisotopic (exact) mass is 486 g/mol. The summed E-state index contributed by atoms with van der Waals surface area (Å²) in [4.78, 5) is 39.9. The van der Waals surface area contributed by atoms with Gasteiger partial charge in [-0.3, -0.25) is 9.59 Å². The number of amides is 2. The Bertz CT molecular complexity index is 1190. The van der Waals surface area contributed by atoms with Gasteiger partial charge in [0.2, 0.25) is 0 Å². The van der Waals surface area contributed by atoms with Crippen molar-refractivity contribution in [3.05, 3.63) is 71.9 Å². The molecule has 0 atom stereocenters. The zero-order valence-electron chi connectivity index (χ0n) is 21.2. The largest absolute Gasteiger partial charge is 0.355 e. The van der Waals surface area contributed by atoms with E-state index in [0.29, 0.717) is 22.9 Å². The van der Waals surface area contributed by atoms with Gasteiger partial charge in [0.05, 0.1) is 11.3 Å². The van der Waals surface area contributed by atoms with Crippen molar-refractivity contribution in [2.45, 2.75) is 32.2 Å². The second kappa shape index (κ2) is 11.8. The van der Waals surface area contributed by atoms with Gasteiger partial charge in [-0.1, -0.05) is 42.5 Å². The van der Waals surface area contributed by atoms with Crippen LogP contribution in [0.2, 0.25) is 0 Å². The van der Waals surface area contributed by atoms with Gasteiger partial charge in [0.1, 0.15) is 11.5 Å². The van der Waals surface area contributed by atoms with Crippen molar-refractivity contribution in [2.75, 3.05) is 43.9 Å². The van der Waals surface area contributed by atoms with Crippen molar-refractivity contribution in [1.29, 1.82) is 0 Å². The summed E-state index contributed by atoms with van der Waals surface area (Å²) in [6.45, 7) is 4.42. The second-order valence-corrected chi connectivity index (χ2v) is 9.28. The number of carbonyl (C=O) groups excluding carboxylic acids is 2. The van der Waals surface area contributed by atoms with Crippen LogP contribution >= 0.6 is 0 Å². The average Bonchev–Trinajstić information content (AvgIpc) is 2.87. The zero-order chi connectivity index (χ0) is 25.5. The minimum absolute atomic E-state index is 0.176. The molecule has 1 aromatic heterocycles. The van der Waals surface area contributed by atoms with E-state index >= 15 is 0 Å². The third kappa shape index (κ3) is 6.26. The number of para-hydroxylation sites is 1. The molecule has 1 fully saturated rings. The number of aromatic nitrogens is 2. The van der Waals surface area contributed by atoms with E-state index in [9.17, 15) is 9.59 Å². The quantitative estimate of drug-likeness (QED) is 0.449. The van der Waals surface area contributed by atoms with Gasteiger partial charge in [0.25, 0.3) is 11.8 Å². The van der Waals surface area contributed by atoms with Gasteiger partial charge in [0.15, 0.2) is 5.82 Å². The maximum atomic E-state index is 13.4. The van der Waals surface area contributed by atoms with Crippen LogP contribution in [-0.2, 0) is 0 Å². The maximum Gasteiger partial charge on any atom is 0.274 e. The molecule has 1 aliphatic rings. The third-order valence-corrected chi connectivity index (χ3v) is 6.36. The fraction of sp³-hybridized carbons (Fsp3) is 0.357. The molecule has 36 heavy (non-hydrogen) atoms. The number of hydrogen-bond acceptors (Lipinski definition) is 6. The standard InChI is InChI=1S/C28H34N6O2/c1-4-34(18-17-33(2)3)25-19-24(30-26(32-25)20-11-6-5-7-12-20)28(36)31-23-16-9-8-15-22(23)27(35)29-21-13-10-14-21/h5-9,11-12,15-16,19,21H,4,10,13-14,17-18H2,1-3H3,(H,29,35)(H,31,36). The average molecular weight is 487 g/mol. The summed E-state index contributed by atoms with van der Waals surface area (Å²) in [5, 5.41) is 5.96. The van der Waals surface area contributed by atoms with Gasteiger partial charge in [-0.15, -0.1) is 0 Å². The molecule has 1 saturated carbocycles. The normalized spacial score (nSPS) is 13.2. The van der Waals surface area contributed by atoms with Crippen molar-refractivity contribution < 1.29 is 9.59 Å². The molecule has 0 spiro atoms. The van der Waals surface area contributed by atoms with E-state index in [2.05, 4.69) is 32.3 Å². The summed E-state index contributed by atoms with van der Waals surface area (Å²) in [5.41, 5.74) is 1.98. The van der Waals surface area contributed by atoms with E-state index in [1.807, 2.05) is 44.4 Å². The summed E-state index contributed by atoms with van der Waals surface area (Å²) >= 11 is 0. The molecule has 0 radical (unpaired) electrons. The lowest BCUT2D eigenvalue weighted by Gasteiger charge is -2.26. The van der Waals surface area contributed by atoms with Crippen LogP contribution in [0.15, 0.2) is 60.7 Å². The van der Waals surface area contributed by atoms with E-state index in [0.717, 1.165) is 44.5 Å². The van der Waals surface area contributed by atoms with E-state index in [-0.39, 0.29) is 23.6 Å². The molecule has 2 amide bonds. The van der Waals surface area contributed by atoms with E-state index in [4.69, 9.17) is 4.98 Å². The van der Waals surface area contributed by atoms with Crippen LogP contribution in [0.5, 0.6) is 0 Å². The lowest BCUT2D eigenvalue weighted by Crippen LogP contribution is -2.39. The molecule has 3 aromatic rings. The van der Waals surface area contributed by atoms with Crippen LogP contribution in [0.4, 0.5) is 11.5 Å². The van der Waals surface area contributed by atoms with Gasteiger partial charge < -0.3 is 20.4 Å². The molecule has 188 valence electrons. The first-order chi connectivity index (χ1) is 17.4. The first-order valence-corrected chi connectivity index (χ1v) is 12.5. The van der Waals surface area contributed by atoms with Crippen LogP contribution in [0.1, 0.15) is 47.0 Å². The fourth-order valence-corrected chi connectivity index (χ4v) is 3.98. The number of benzene rings is 2. The lowest BCUT2D eigenvalue weighted by molar-refractivity contribution is 0.0918. The predicted molar refractivity (Wildman–Crippen MR) is 143 cm³/mol. The summed E-state index contributed by atoms with van der Waals surface area (Å²) < 4.78 is 0. The molecule has 1 heterocycles. The zero-order valence-corrected chi connectivity index (χ0v) is 21.2. The highest BCUT2D eigenvalue weighted by molar-refractivity contribution is 6.08. The Labute approximate surface area is 212 Å². The van der Waals surface area contributed by atoms with E-state index in [1.54, 1.807) is 30.3 Å². The van der Waals surface area contributed by atoms with Crippen molar-refractivity contribution in [2.24, 2.45) is 0 Å². The van der Waals surface area contributed by atoms with Crippen molar-refractivity contribution in [3.8, 4) is 11.4 Å². The highest BCUT2D eigenvalue weighted by Gasteiger charge is 2.23. The smallest absolute Gasteiger partial charge is 0.274 e. The lowest BCUT2D eigenvalue weighted by atomic mass is 9.93. The molecule has 0 saturated heterocycles. The highest BCUT2D eigenvalue weighted by Crippen LogP contribution is 2.23. The molecule has 2 aromatic carbocycles. The van der Waals surface area contributed by atoms with Crippen LogP contribution in [-0.4, -0.2) is 66.5 Å². The Hall–Kier alpha value is -3.78. The van der Waals surface area contributed by atoms with Gasteiger partial charge in [-0.05, 0) is 52.4 Å². The number of nitrogens with zero attached hydrogens (tertiary/aromatic N) is 4. The van der Waals surface area contributed by atoms with E-state index < -0.39 is 0 Å². The van der Waals surface area contributed by atoms with Crippen LogP contribution in [0.25, 0.3) is 11.4 Å². The molecule has 0 unspecified atom stereocenters. The first-order valence-electron chi connectivity index (χ1n) is 12.5. The number of likely N-dealkylation sites (N-methyl/N-ethyl adjacent to an activating group) is 2. The first kappa shape index (κ1) is 25.3. The third-order valence-electron chi connectivity index (χ3n) is 6.36. The van der Waals surface area contributed by atoms with Crippen molar-refractivity contribution in [3.63, 3.8) is 0 Å². The van der Waals surface area contributed by atoms with Crippen molar-refractivity contribution >= 4 is 23.3 Å². The van der Waals surface area contributed by atoms with Crippen LogP contribution < -0.4 is 15.5 Å². The Balaban J connectivity index is 1.64. The number of rotatable bonds is 10. The Morgan fingerprint density at radius 1 is 0.944 bits per heavy atom. The Kier molecular flexibility index (Phi) is 8.28. The van der Waals surface area contributed by atoms with Gasteiger partial charge in [-0.25, -0.2) is 9.97 Å². The van der Waals surface area contributed by atoms with Gasteiger partial charge >= 0.3 is 0 Å². The second-order valence-electron chi connectivity index (χ2n) is 9.28. The van der Waals surface area contributed by atoms with Crippen LogP contribution in [0, 0.1) is 0 Å². The molecule has 8 nitrogen and oxygen atoms in total. The minimum Gasteiger partial charge on any atom is -0.355 e. The molecule has 0 aliphatic heterocycles. The van der Waals surface area contributed by atoms with Gasteiger partial charge in [-0.2, -0.15) is 0 Å². The topological polar surface area (TPSA) is 90.5 Å². The summed E-state index contributed by atoms with van der Waals surface area (Å²) in [6, 6.07) is 18.6. The Morgan fingerprint density at radius 3 is 2.33 bits per heavy atom. The van der Waals surface area contributed by atoms with Crippen LogP contribution in [0.3, 0.4) is 0 Å². The number of anilines is 2. The summed E-state index contributed by atoms with van der Waals surface area (Å²) in [6.07, 6.45) is 3.12. The number of carbonyl (C=O) groups is 2. The van der Waals surface area contributed by atoms with Gasteiger partial charge in [0, 0.05) is 37.3 Å². The molecule has 8 heteroatoms. The highest BCUT2D eigenvalue weighted by atomic mass is 16.2. The van der Waals surface area contributed by atoms with Crippen molar-refractivity contribution in [1.82, 2.24) is 20.2 Å². The molecule has 1 aliphatic carbocycles. The Morgan fingerprint density at radius 2 is 1.67 bits per heavy atom. The summed E-state index contributed by atoms with van der Waals surface area (Å²) in [5.74, 6) is 0.611. The SMILES string of the molecule is CCN(CCN(C)C)c1cc(C(=O)Nc2ccccc2C(=O)NC2CCC2)nc(-c2ccccc2)n1. The molecule has 4 rings (SSSR count). The number of hydrogen-bond donors (Lipinski definition) is 2. The number of nitrogens with one attached hydrogen (secondary N) is 2. The maximum absolute atomic E-state index is 13.4. The fourth-order valence-electron chi connectivity index (χ4n) is 3.98.